The molecule has 0 radical (unpaired) electrons. The Balaban J connectivity index is 1.51. The molecule has 0 bridgehead atoms. The largest absolute Gasteiger partial charge is 0.371 e. The van der Waals surface area contributed by atoms with Crippen molar-refractivity contribution in [1.29, 1.82) is 0 Å². The molecule has 158 valence electrons. The highest BCUT2D eigenvalue weighted by molar-refractivity contribution is 6.01. The maximum Gasteiger partial charge on any atom is 0.253 e. The second kappa shape index (κ2) is 9.28. The maximum atomic E-state index is 13.1. The van der Waals surface area contributed by atoms with Gasteiger partial charge < -0.3 is 15.5 Å². The number of carbonyl (C=O) groups excluding carboxylic acids is 2. The highest BCUT2D eigenvalue weighted by Gasteiger charge is 2.26. The van der Waals surface area contributed by atoms with Crippen LogP contribution in [0.1, 0.15) is 54.4 Å². The minimum Gasteiger partial charge on any atom is -0.371 e. The summed E-state index contributed by atoms with van der Waals surface area (Å²) in [4.78, 5) is 27.5. The van der Waals surface area contributed by atoms with Gasteiger partial charge in [0.2, 0.25) is 5.91 Å². The Morgan fingerprint density at radius 2 is 1.70 bits per heavy atom. The van der Waals surface area contributed by atoms with E-state index in [0.29, 0.717) is 12.1 Å². The van der Waals surface area contributed by atoms with Crippen LogP contribution in [0.5, 0.6) is 0 Å². The highest BCUT2D eigenvalue weighted by Crippen LogP contribution is 2.30. The molecule has 1 aliphatic carbocycles. The van der Waals surface area contributed by atoms with Gasteiger partial charge in [-0.3, -0.25) is 9.59 Å². The molecule has 5 nitrogen and oxygen atoms in total. The van der Waals surface area contributed by atoms with Crippen LogP contribution in [0.15, 0.2) is 42.5 Å². The van der Waals surface area contributed by atoms with Crippen molar-refractivity contribution in [2.45, 2.75) is 45.1 Å². The monoisotopic (exact) mass is 409 g/mol. The summed E-state index contributed by atoms with van der Waals surface area (Å²) in [6.45, 7) is 2.13. The molecule has 2 aromatic carbocycles. The van der Waals surface area contributed by atoms with Crippen LogP contribution < -0.4 is 15.5 Å². The zero-order valence-corrected chi connectivity index (χ0v) is 17.1. The van der Waals surface area contributed by atoms with E-state index in [4.69, 9.17) is 0 Å². The number of hydrogen-bond acceptors (Lipinski definition) is 3. The smallest absolute Gasteiger partial charge is 0.253 e. The van der Waals surface area contributed by atoms with Crippen LogP contribution in [-0.2, 0) is 11.3 Å². The molecule has 30 heavy (non-hydrogen) atoms. The van der Waals surface area contributed by atoms with Crippen molar-refractivity contribution >= 4 is 23.2 Å². The summed E-state index contributed by atoms with van der Waals surface area (Å²) in [5.41, 5.74) is 3.04. The molecule has 0 spiro atoms. The van der Waals surface area contributed by atoms with Gasteiger partial charge in [0.1, 0.15) is 5.82 Å². The number of piperidine rings is 1. The second-order valence-corrected chi connectivity index (χ2v) is 8.21. The lowest BCUT2D eigenvalue weighted by Gasteiger charge is -2.31. The van der Waals surface area contributed by atoms with Crippen molar-refractivity contribution in [3.05, 3.63) is 59.4 Å². The third kappa shape index (κ3) is 4.81. The molecule has 0 unspecified atom stereocenters. The SMILES string of the molecule is O=C(NCc1ccc(F)cc1)c1ccc(NC(=O)C2CCC2)cc1N1CCCCC1. The summed E-state index contributed by atoms with van der Waals surface area (Å²) < 4.78 is 13.1. The first kappa shape index (κ1) is 20.4. The third-order valence-corrected chi connectivity index (χ3v) is 6.05. The number of amides is 2. The van der Waals surface area contributed by atoms with Crippen molar-refractivity contribution in [1.82, 2.24) is 5.32 Å². The van der Waals surface area contributed by atoms with Crippen LogP contribution in [0, 0.1) is 11.7 Å². The maximum absolute atomic E-state index is 13.1. The quantitative estimate of drug-likeness (QED) is 0.739. The van der Waals surface area contributed by atoms with Gasteiger partial charge in [0.05, 0.1) is 11.3 Å². The predicted octanol–water partition coefficient (Wildman–Crippen LogP) is 4.48. The molecule has 4 rings (SSSR count). The summed E-state index contributed by atoms with van der Waals surface area (Å²) >= 11 is 0. The molecule has 2 aliphatic rings. The Hall–Kier alpha value is -2.89. The summed E-state index contributed by atoms with van der Waals surface area (Å²) in [7, 11) is 0. The van der Waals surface area contributed by atoms with E-state index in [9.17, 15) is 14.0 Å². The van der Waals surface area contributed by atoms with E-state index in [1.165, 1.54) is 18.6 Å². The molecule has 2 aromatic rings. The lowest BCUT2D eigenvalue weighted by molar-refractivity contribution is -0.122. The van der Waals surface area contributed by atoms with Crippen LogP contribution in [0.25, 0.3) is 0 Å². The van der Waals surface area contributed by atoms with E-state index in [1.807, 2.05) is 6.07 Å². The number of anilines is 2. The third-order valence-electron chi connectivity index (χ3n) is 6.05. The zero-order chi connectivity index (χ0) is 20.9. The van der Waals surface area contributed by atoms with Crippen molar-refractivity contribution < 1.29 is 14.0 Å². The Bertz CT molecular complexity index is 903. The van der Waals surface area contributed by atoms with Crippen LogP contribution in [0.2, 0.25) is 0 Å². The van der Waals surface area contributed by atoms with Gasteiger partial charge in [0.25, 0.3) is 5.91 Å². The van der Waals surface area contributed by atoms with Crippen LogP contribution in [0.3, 0.4) is 0 Å². The molecule has 0 atom stereocenters. The number of carbonyl (C=O) groups is 2. The van der Waals surface area contributed by atoms with Crippen LogP contribution in [-0.4, -0.2) is 24.9 Å². The minimum absolute atomic E-state index is 0.0688. The average molecular weight is 410 g/mol. The van der Waals surface area contributed by atoms with Crippen molar-refractivity contribution in [3.8, 4) is 0 Å². The number of benzene rings is 2. The highest BCUT2D eigenvalue weighted by atomic mass is 19.1. The Kier molecular flexibility index (Phi) is 6.31. The fourth-order valence-electron chi connectivity index (χ4n) is 3.99. The van der Waals surface area contributed by atoms with E-state index >= 15 is 0 Å². The van der Waals surface area contributed by atoms with E-state index in [1.54, 1.807) is 24.3 Å². The van der Waals surface area contributed by atoms with E-state index in [0.717, 1.165) is 62.1 Å². The molecule has 2 N–H and O–H groups in total. The Labute approximate surface area is 176 Å². The summed E-state index contributed by atoms with van der Waals surface area (Å²) in [6.07, 6.45) is 6.40. The van der Waals surface area contributed by atoms with Gasteiger partial charge in [0, 0.05) is 31.2 Å². The number of nitrogens with one attached hydrogen (secondary N) is 2. The van der Waals surface area contributed by atoms with Gasteiger partial charge in [0.15, 0.2) is 0 Å². The first-order valence-corrected chi connectivity index (χ1v) is 10.8. The average Bonchev–Trinajstić information content (AvgIpc) is 2.72. The summed E-state index contributed by atoms with van der Waals surface area (Å²) in [5, 5.41) is 5.96. The first-order chi connectivity index (χ1) is 14.6. The van der Waals surface area contributed by atoms with Crippen molar-refractivity contribution in [2.75, 3.05) is 23.3 Å². The van der Waals surface area contributed by atoms with Crippen molar-refractivity contribution in [2.24, 2.45) is 5.92 Å². The molecular formula is C24H28FN3O2. The van der Waals surface area contributed by atoms with Gasteiger partial charge >= 0.3 is 0 Å². The standard InChI is InChI=1S/C24H28FN3O2/c25-19-9-7-17(8-10-19)16-26-24(30)21-12-11-20(27-23(29)18-5-4-6-18)15-22(21)28-13-2-1-3-14-28/h7-12,15,18H,1-6,13-14,16H2,(H,26,30)(H,27,29). The zero-order valence-electron chi connectivity index (χ0n) is 17.1. The fourth-order valence-corrected chi connectivity index (χ4v) is 3.99. The summed E-state index contributed by atoms with van der Waals surface area (Å²) in [5.74, 6) is -0.282. The second-order valence-electron chi connectivity index (χ2n) is 8.21. The molecule has 1 aliphatic heterocycles. The number of nitrogens with zero attached hydrogens (tertiary/aromatic N) is 1. The van der Waals surface area contributed by atoms with Crippen LogP contribution >= 0.6 is 0 Å². The van der Waals surface area contributed by atoms with Gasteiger partial charge in [-0.1, -0.05) is 18.6 Å². The number of rotatable bonds is 6. The number of hydrogen-bond donors (Lipinski definition) is 2. The van der Waals surface area contributed by atoms with Gasteiger partial charge in [-0.2, -0.15) is 0 Å². The first-order valence-electron chi connectivity index (χ1n) is 10.8. The molecule has 0 aromatic heterocycles. The normalized spacial score (nSPS) is 16.6. The molecule has 1 saturated carbocycles. The van der Waals surface area contributed by atoms with Crippen LogP contribution in [0.4, 0.5) is 15.8 Å². The molecule has 2 amide bonds. The molecular weight excluding hydrogens is 381 g/mol. The van der Waals surface area contributed by atoms with Gasteiger partial charge in [-0.25, -0.2) is 4.39 Å². The van der Waals surface area contributed by atoms with Crippen molar-refractivity contribution in [3.63, 3.8) is 0 Å². The lowest BCUT2D eigenvalue weighted by Crippen LogP contribution is -2.33. The van der Waals surface area contributed by atoms with Gasteiger partial charge in [-0.15, -0.1) is 0 Å². The van der Waals surface area contributed by atoms with Gasteiger partial charge in [-0.05, 0) is 68.0 Å². The van der Waals surface area contributed by atoms with E-state index in [2.05, 4.69) is 15.5 Å². The Morgan fingerprint density at radius 3 is 2.37 bits per heavy atom. The minimum atomic E-state index is -0.294. The molecule has 2 fully saturated rings. The topological polar surface area (TPSA) is 61.4 Å². The Morgan fingerprint density at radius 1 is 0.967 bits per heavy atom. The lowest BCUT2D eigenvalue weighted by atomic mass is 9.85. The fraction of sp³-hybridized carbons (Fsp3) is 0.417. The molecule has 1 heterocycles. The molecule has 6 heteroatoms. The van der Waals surface area contributed by atoms with E-state index in [-0.39, 0.29) is 23.5 Å². The predicted molar refractivity (Wildman–Crippen MR) is 116 cm³/mol. The summed E-state index contributed by atoms with van der Waals surface area (Å²) in [6, 6.07) is 11.6. The number of halogens is 1. The molecule has 1 saturated heterocycles. The van der Waals surface area contributed by atoms with E-state index < -0.39 is 0 Å².